The van der Waals surface area contributed by atoms with E-state index in [1.165, 1.54) is 7.11 Å². The maximum atomic E-state index is 10.1. The van der Waals surface area contributed by atoms with Gasteiger partial charge in [-0.25, -0.2) is 0 Å². The molecule has 4 nitrogen and oxygen atoms in total. The van der Waals surface area contributed by atoms with E-state index in [1.807, 2.05) is 0 Å². The first-order chi connectivity index (χ1) is 5.79. The molecule has 0 saturated heterocycles. The highest BCUT2D eigenvalue weighted by atomic mass is 16.5. The number of carbonyl (C=O) groups excluding carboxylic acids is 1. The summed E-state index contributed by atoms with van der Waals surface area (Å²) in [5.41, 5.74) is 0.879. The molecular formula is C8H11NO3. The Bertz CT molecular complexity index is 267. The van der Waals surface area contributed by atoms with Crippen molar-refractivity contribution < 1.29 is 14.1 Å². The fraction of sp³-hybridized carbons (Fsp3) is 0.500. The zero-order valence-electron chi connectivity index (χ0n) is 7.16. The van der Waals surface area contributed by atoms with Crippen LogP contribution in [0.2, 0.25) is 0 Å². The van der Waals surface area contributed by atoms with Gasteiger partial charge in [0.15, 0.2) is 0 Å². The largest absolute Gasteiger partial charge is 0.479 e. The minimum Gasteiger partial charge on any atom is -0.479 e. The van der Waals surface area contributed by atoms with Gasteiger partial charge in [-0.15, -0.1) is 0 Å². The van der Waals surface area contributed by atoms with Gasteiger partial charge in [-0.05, 0) is 18.5 Å². The van der Waals surface area contributed by atoms with Crippen LogP contribution in [0.3, 0.4) is 0 Å². The Morgan fingerprint density at radius 1 is 1.67 bits per heavy atom. The third kappa shape index (κ3) is 1.64. The number of rotatable bonds is 4. The lowest BCUT2D eigenvalue weighted by Gasteiger charge is -1.96. The summed E-state index contributed by atoms with van der Waals surface area (Å²) >= 11 is 0. The van der Waals surface area contributed by atoms with Crippen LogP contribution in [0.15, 0.2) is 4.52 Å². The predicted octanol–water partition coefficient (Wildman–Crippen LogP) is 1.12. The van der Waals surface area contributed by atoms with Crippen LogP contribution in [0, 0.1) is 6.92 Å². The Morgan fingerprint density at radius 2 is 2.42 bits per heavy atom. The molecule has 0 unspecified atom stereocenters. The second kappa shape index (κ2) is 3.90. The van der Waals surface area contributed by atoms with Crippen molar-refractivity contribution in [2.24, 2.45) is 0 Å². The van der Waals surface area contributed by atoms with Crippen LogP contribution in [0.1, 0.15) is 17.7 Å². The molecule has 0 aromatic carbocycles. The number of methoxy groups -OCH3 is 1. The molecule has 0 amide bonds. The topological polar surface area (TPSA) is 52.3 Å². The maximum Gasteiger partial charge on any atom is 0.257 e. The highest BCUT2D eigenvalue weighted by molar-refractivity contribution is 5.50. The molecular weight excluding hydrogens is 158 g/mol. The Balaban J connectivity index is 2.78. The van der Waals surface area contributed by atoms with Gasteiger partial charge in [-0.1, -0.05) is 0 Å². The van der Waals surface area contributed by atoms with Crippen LogP contribution in [-0.4, -0.2) is 18.6 Å². The molecule has 1 rings (SSSR count). The molecule has 66 valence electrons. The molecule has 0 aliphatic carbocycles. The van der Waals surface area contributed by atoms with Crippen molar-refractivity contribution in [3.63, 3.8) is 0 Å². The van der Waals surface area contributed by atoms with Gasteiger partial charge in [0.2, 0.25) is 0 Å². The summed E-state index contributed by atoms with van der Waals surface area (Å²) in [5.74, 6) is 1.20. The summed E-state index contributed by atoms with van der Waals surface area (Å²) in [6, 6.07) is 0. The fourth-order valence-corrected chi connectivity index (χ4v) is 1.02. The summed E-state index contributed by atoms with van der Waals surface area (Å²) in [6.07, 6.45) is 1.96. The van der Waals surface area contributed by atoms with Crippen molar-refractivity contribution in [3.05, 3.63) is 11.3 Å². The molecule has 1 aromatic rings. The minimum atomic E-state index is 0.471. The van der Waals surface area contributed by atoms with E-state index in [2.05, 4.69) is 5.16 Å². The first-order valence-electron chi connectivity index (χ1n) is 3.72. The molecule has 0 fully saturated rings. The van der Waals surface area contributed by atoms with Crippen molar-refractivity contribution in [1.82, 2.24) is 5.16 Å². The second-order valence-corrected chi connectivity index (χ2v) is 2.43. The average Bonchev–Trinajstić information content (AvgIpc) is 2.43. The number of hydrogen-bond donors (Lipinski definition) is 0. The van der Waals surface area contributed by atoms with E-state index in [-0.39, 0.29) is 0 Å². The number of aryl methyl sites for hydroxylation is 1. The van der Waals surface area contributed by atoms with Gasteiger partial charge >= 0.3 is 0 Å². The number of aldehydes is 1. The maximum absolute atomic E-state index is 10.1. The number of ether oxygens (including phenoxy) is 1. The van der Waals surface area contributed by atoms with Gasteiger partial charge in [0.1, 0.15) is 12.0 Å². The van der Waals surface area contributed by atoms with Crippen LogP contribution >= 0.6 is 0 Å². The molecule has 1 aromatic heterocycles. The monoisotopic (exact) mass is 169 g/mol. The van der Waals surface area contributed by atoms with Crippen molar-refractivity contribution in [3.8, 4) is 5.88 Å². The highest BCUT2D eigenvalue weighted by Gasteiger charge is 2.11. The zero-order valence-corrected chi connectivity index (χ0v) is 7.16. The van der Waals surface area contributed by atoms with Crippen LogP contribution in [0.25, 0.3) is 0 Å². The zero-order chi connectivity index (χ0) is 8.97. The molecule has 1 heterocycles. The number of aromatic nitrogens is 1. The quantitative estimate of drug-likeness (QED) is 0.634. The SMILES string of the molecule is COc1noc(C)c1CCC=O. The minimum absolute atomic E-state index is 0.471. The van der Waals surface area contributed by atoms with E-state index in [0.29, 0.717) is 24.5 Å². The van der Waals surface area contributed by atoms with Gasteiger partial charge in [0, 0.05) is 6.42 Å². The lowest BCUT2D eigenvalue weighted by atomic mass is 10.1. The molecule has 12 heavy (non-hydrogen) atoms. The predicted molar refractivity (Wildman–Crippen MR) is 42.2 cm³/mol. The van der Waals surface area contributed by atoms with E-state index in [4.69, 9.17) is 9.26 Å². The molecule has 0 atom stereocenters. The Hall–Kier alpha value is -1.32. The third-order valence-electron chi connectivity index (χ3n) is 1.65. The number of nitrogens with zero attached hydrogens (tertiary/aromatic N) is 1. The van der Waals surface area contributed by atoms with E-state index < -0.39 is 0 Å². The van der Waals surface area contributed by atoms with Gasteiger partial charge in [0.05, 0.1) is 12.7 Å². The summed E-state index contributed by atoms with van der Waals surface area (Å²) in [7, 11) is 1.53. The molecule has 0 bridgehead atoms. The van der Waals surface area contributed by atoms with E-state index >= 15 is 0 Å². The van der Waals surface area contributed by atoms with E-state index in [1.54, 1.807) is 6.92 Å². The fourth-order valence-electron chi connectivity index (χ4n) is 1.02. The normalized spacial score (nSPS) is 9.83. The summed E-state index contributed by atoms with van der Waals surface area (Å²) < 4.78 is 9.84. The molecule has 0 saturated carbocycles. The summed E-state index contributed by atoms with van der Waals surface area (Å²) in [6.45, 7) is 1.80. The Morgan fingerprint density at radius 3 is 3.00 bits per heavy atom. The van der Waals surface area contributed by atoms with E-state index in [0.717, 1.165) is 11.8 Å². The standard InChI is InChI=1S/C8H11NO3/c1-6-7(4-3-5-10)8(11-2)9-12-6/h5H,3-4H2,1-2H3. The Labute approximate surface area is 70.5 Å². The number of hydrogen-bond acceptors (Lipinski definition) is 4. The number of carbonyl (C=O) groups is 1. The van der Waals surface area contributed by atoms with Crippen molar-refractivity contribution >= 4 is 6.29 Å². The van der Waals surface area contributed by atoms with Gasteiger partial charge in [-0.2, -0.15) is 0 Å². The average molecular weight is 169 g/mol. The Kier molecular flexibility index (Phi) is 2.85. The molecule has 4 heteroatoms. The van der Waals surface area contributed by atoms with Crippen molar-refractivity contribution in [1.29, 1.82) is 0 Å². The second-order valence-electron chi connectivity index (χ2n) is 2.43. The van der Waals surface area contributed by atoms with Gasteiger partial charge in [0.25, 0.3) is 5.88 Å². The smallest absolute Gasteiger partial charge is 0.257 e. The lowest BCUT2D eigenvalue weighted by Crippen LogP contribution is -1.91. The van der Waals surface area contributed by atoms with Crippen molar-refractivity contribution in [2.75, 3.05) is 7.11 Å². The first kappa shape index (κ1) is 8.77. The van der Waals surface area contributed by atoms with Crippen LogP contribution in [-0.2, 0) is 11.2 Å². The van der Waals surface area contributed by atoms with Crippen LogP contribution in [0.4, 0.5) is 0 Å². The molecule has 0 radical (unpaired) electrons. The van der Waals surface area contributed by atoms with Crippen LogP contribution in [0.5, 0.6) is 5.88 Å². The van der Waals surface area contributed by atoms with E-state index in [9.17, 15) is 4.79 Å². The molecule has 0 aliphatic heterocycles. The third-order valence-corrected chi connectivity index (χ3v) is 1.65. The molecule has 0 aliphatic rings. The van der Waals surface area contributed by atoms with Crippen LogP contribution < -0.4 is 4.74 Å². The first-order valence-corrected chi connectivity index (χ1v) is 3.72. The molecule has 0 N–H and O–H groups in total. The van der Waals surface area contributed by atoms with Gasteiger partial charge in [-0.3, -0.25) is 0 Å². The van der Waals surface area contributed by atoms with Crippen molar-refractivity contribution in [2.45, 2.75) is 19.8 Å². The highest BCUT2D eigenvalue weighted by Crippen LogP contribution is 2.21. The summed E-state index contributed by atoms with van der Waals surface area (Å²) in [5, 5.41) is 3.67. The summed E-state index contributed by atoms with van der Waals surface area (Å²) in [4.78, 5) is 10.1. The lowest BCUT2D eigenvalue weighted by molar-refractivity contribution is -0.107. The van der Waals surface area contributed by atoms with Gasteiger partial charge < -0.3 is 14.1 Å². The molecule has 0 spiro atoms.